The predicted molar refractivity (Wildman–Crippen MR) is 507 cm³/mol. The van der Waals surface area contributed by atoms with Crippen molar-refractivity contribution in [2.24, 2.45) is 0 Å². The van der Waals surface area contributed by atoms with Crippen molar-refractivity contribution in [1.29, 1.82) is 0 Å². The molecule has 0 aliphatic carbocycles. The number of aromatic nitrogens is 6. The van der Waals surface area contributed by atoms with E-state index in [9.17, 15) is 0 Å². The smallest absolute Gasteiger partial charge is 0.164 e. The van der Waals surface area contributed by atoms with Crippen LogP contribution >= 0.6 is 0 Å². The molecule has 574 valence electrons. The Kier molecular flexibility index (Phi) is 15.3. The van der Waals surface area contributed by atoms with E-state index in [4.69, 9.17) is 47.6 Å². The van der Waals surface area contributed by atoms with Crippen molar-refractivity contribution in [3.8, 4) is 124 Å². The maximum Gasteiger partial charge on any atom is 0.164 e. The molecule has 0 radical (unpaired) electrons. The Bertz CT molecular complexity index is 9030. The van der Waals surface area contributed by atoms with Gasteiger partial charge in [0, 0.05) is 76.5 Å². The fourth-order valence-corrected chi connectivity index (χ4v) is 19.1. The van der Waals surface area contributed by atoms with E-state index in [0.717, 1.165) is 230 Å². The van der Waals surface area contributed by atoms with Crippen LogP contribution < -0.4 is 0 Å². The lowest BCUT2D eigenvalue weighted by atomic mass is 9.93. The lowest BCUT2D eigenvalue weighted by molar-refractivity contribution is 0.668. The van der Waals surface area contributed by atoms with Gasteiger partial charge in [0.15, 0.2) is 34.9 Å². The van der Waals surface area contributed by atoms with Crippen molar-refractivity contribution in [3.63, 3.8) is 0 Å². The normalized spacial score (nSPS) is 12.0. The molecule has 6 aromatic heterocycles. The van der Waals surface area contributed by atoms with E-state index in [-0.39, 0.29) is 0 Å². The summed E-state index contributed by atoms with van der Waals surface area (Å²) in [5.41, 5.74) is 23.2. The van der Waals surface area contributed by atoms with E-state index < -0.39 is 0 Å². The molecule has 0 saturated carbocycles. The van der Waals surface area contributed by atoms with Gasteiger partial charge >= 0.3 is 0 Å². The van der Waals surface area contributed by atoms with E-state index >= 15 is 0 Å². The predicted octanol–water partition coefficient (Wildman–Crippen LogP) is 30.9. The average Bonchev–Trinajstić information content (AvgIpc) is 1.54. The van der Waals surface area contributed by atoms with Crippen LogP contribution in [0.3, 0.4) is 0 Å². The van der Waals surface area contributed by atoms with E-state index in [1.54, 1.807) is 0 Å². The topological polar surface area (TPSA) is 130 Å². The first-order valence-electron chi connectivity index (χ1n) is 41.7. The fourth-order valence-electron chi connectivity index (χ4n) is 19.1. The zero-order chi connectivity index (χ0) is 81.2. The van der Waals surface area contributed by atoms with Gasteiger partial charge in [-0.1, -0.05) is 285 Å². The molecule has 0 saturated heterocycles. The van der Waals surface area contributed by atoms with Crippen LogP contribution in [0.4, 0.5) is 0 Å². The second kappa shape index (κ2) is 27.4. The Morgan fingerprint density at radius 2 is 0.395 bits per heavy atom. The van der Waals surface area contributed by atoms with Gasteiger partial charge in [-0.05, 0) is 223 Å². The Morgan fingerprint density at radius 3 is 0.855 bits per heavy atom. The van der Waals surface area contributed by atoms with E-state index in [1.807, 2.05) is 42.5 Å². The molecular formula is C114H64N6O4. The van der Waals surface area contributed by atoms with E-state index in [2.05, 4.69) is 346 Å². The third-order valence-electron chi connectivity index (χ3n) is 25.1. The maximum absolute atomic E-state index is 6.84. The van der Waals surface area contributed by atoms with Crippen LogP contribution in [0.5, 0.6) is 0 Å². The van der Waals surface area contributed by atoms with Crippen LogP contribution in [0.25, 0.3) is 276 Å². The molecule has 0 fully saturated rings. The summed E-state index contributed by atoms with van der Waals surface area (Å²) in [5, 5.41) is 21.9. The van der Waals surface area contributed by atoms with Crippen LogP contribution in [0.15, 0.2) is 406 Å². The average molecular weight is 1580 g/mol. The largest absolute Gasteiger partial charge is 0.456 e. The molecule has 0 aliphatic rings. The highest BCUT2D eigenvalue weighted by Gasteiger charge is 2.24. The van der Waals surface area contributed by atoms with Crippen LogP contribution in [-0.2, 0) is 0 Å². The molecule has 0 aliphatic heterocycles. The molecule has 0 unspecified atom stereocenters. The number of furan rings is 4. The summed E-state index contributed by atoms with van der Waals surface area (Å²) >= 11 is 0. The molecule has 124 heavy (non-hydrogen) atoms. The Hall–Kier alpha value is -16.8. The third kappa shape index (κ3) is 11.3. The van der Waals surface area contributed by atoms with Gasteiger partial charge in [0.2, 0.25) is 0 Å². The highest BCUT2D eigenvalue weighted by atomic mass is 16.3. The number of benzene rings is 20. The minimum atomic E-state index is 0.575. The standard InChI is InChI=1S/C114H64N6O4/c1-2-14-65(15-3-1)68-34-37-74-59-80(41-40-72(74)56-68)110-117-113(120-114(118-110)84-46-52-88-79(63-84)48-55-103-106(88)94-19-5-8-26-98(94)123-103)82-44-50-86-77(61-82)17-11-22-90(86)92-24-13-29-101-108(92)96-53-42-75(64-104(96)124-101)73-39-38-70-57-69(35-36-71(70)58-73)66-30-32-67(33-31-66)109-115-111(119-112(116-109)83-45-51-87-78(62-83)47-54-102-105(87)93-18-4-7-25-97(93)122-102)81-43-49-85-76(60-81)16-10-21-89(85)91-23-12-28-100-107(91)95-20-6-9-27-99(95)121-100/h1-64H. The SMILES string of the molecule is c1ccc(-c2ccc3cc(-c4nc(-c5ccc6c(-c7cccc8oc9cc(-c%10ccc%11cc(-c%12ccc(-c%13nc(-c%14ccc%15c(-c%16cccc%17oc%18ccccc%18c%16%17)cccc%15c%14)nc(-c%14ccc%15c(ccc%16oc%17ccccc%17c%16%15)c%14)n%13)cc%12)ccc%11c%10)ccc9c78)cccc6c5)nc(-c5ccc6c(ccc7oc8ccccc8c76)c5)n4)ccc3c2)cc1. The zero-order valence-electron chi connectivity index (χ0n) is 66.3. The molecule has 10 heteroatoms. The summed E-state index contributed by atoms with van der Waals surface area (Å²) in [5.74, 6) is 3.49. The molecule has 10 nitrogen and oxygen atoms in total. The van der Waals surface area contributed by atoms with Crippen LogP contribution in [0.2, 0.25) is 0 Å². The van der Waals surface area contributed by atoms with Crippen molar-refractivity contribution in [1.82, 2.24) is 29.9 Å². The summed E-state index contributed by atoms with van der Waals surface area (Å²) in [6, 6.07) is 137. The Balaban J connectivity index is 0.508. The molecule has 0 N–H and O–H groups in total. The third-order valence-corrected chi connectivity index (χ3v) is 25.1. The van der Waals surface area contributed by atoms with Gasteiger partial charge in [-0.15, -0.1) is 0 Å². The molecule has 0 atom stereocenters. The number of nitrogens with zero attached hydrogens (tertiary/aromatic N) is 6. The van der Waals surface area contributed by atoms with E-state index in [1.165, 1.54) is 11.1 Å². The first kappa shape index (κ1) is 69.2. The van der Waals surface area contributed by atoms with Gasteiger partial charge in [-0.2, -0.15) is 0 Å². The molecule has 0 amide bonds. The molecule has 20 aromatic carbocycles. The van der Waals surface area contributed by atoms with Gasteiger partial charge in [0.1, 0.15) is 44.7 Å². The van der Waals surface area contributed by atoms with Crippen molar-refractivity contribution in [3.05, 3.63) is 388 Å². The van der Waals surface area contributed by atoms with E-state index in [0.29, 0.717) is 34.9 Å². The van der Waals surface area contributed by atoms with Crippen molar-refractivity contribution in [2.75, 3.05) is 0 Å². The molecule has 6 heterocycles. The zero-order valence-corrected chi connectivity index (χ0v) is 66.3. The minimum absolute atomic E-state index is 0.575. The van der Waals surface area contributed by atoms with Gasteiger partial charge < -0.3 is 17.7 Å². The van der Waals surface area contributed by atoms with Crippen molar-refractivity contribution in [2.45, 2.75) is 0 Å². The van der Waals surface area contributed by atoms with Crippen LogP contribution in [-0.4, -0.2) is 29.9 Å². The van der Waals surface area contributed by atoms with Gasteiger partial charge in [0.25, 0.3) is 0 Å². The number of hydrogen-bond acceptors (Lipinski definition) is 10. The lowest BCUT2D eigenvalue weighted by Gasteiger charge is -2.12. The maximum atomic E-state index is 6.84. The summed E-state index contributed by atoms with van der Waals surface area (Å²) in [6.07, 6.45) is 0. The lowest BCUT2D eigenvalue weighted by Crippen LogP contribution is -2.00. The highest BCUT2D eigenvalue weighted by Crippen LogP contribution is 2.46. The molecule has 26 rings (SSSR count). The van der Waals surface area contributed by atoms with Crippen molar-refractivity contribution >= 4 is 152 Å². The number of rotatable bonds is 11. The molecule has 0 spiro atoms. The second-order valence-corrected chi connectivity index (χ2v) is 32.3. The second-order valence-electron chi connectivity index (χ2n) is 32.3. The Labute approximate surface area is 707 Å². The summed E-state index contributed by atoms with van der Waals surface area (Å²) < 4.78 is 25.8. The van der Waals surface area contributed by atoms with Crippen molar-refractivity contribution < 1.29 is 17.7 Å². The fraction of sp³-hybridized carbons (Fsp3) is 0. The first-order valence-corrected chi connectivity index (χ1v) is 41.7. The Morgan fingerprint density at radius 1 is 0.129 bits per heavy atom. The summed E-state index contributed by atoms with van der Waals surface area (Å²) in [7, 11) is 0. The molecule has 26 aromatic rings. The number of fused-ring (bicyclic) bond motifs is 20. The highest BCUT2D eigenvalue weighted by molar-refractivity contribution is 6.22. The van der Waals surface area contributed by atoms with Crippen LogP contribution in [0, 0.1) is 0 Å². The monoisotopic (exact) mass is 1580 g/mol. The van der Waals surface area contributed by atoms with Gasteiger partial charge in [0.05, 0.1) is 0 Å². The first-order chi connectivity index (χ1) is 61.3. The minimum Gasteiger partial charge on any atom is -0.456 e. The quantitative estimate of drug-likeness (QED) is 0.123. The summed E-state index contributed by atoms with van der Waals surface area (Å²) in [4.78, 5) is 31.8. The van der Waals surface area contributed by atoms with Crippen LogP contribution in [0.1, 0.15) is 0 Å². The summed E-state index contributed by atoms with van der Waals surface area (Å²) in [6.45, 7) is 0. The molecule has 0 bridgehead atoms. The number of para-hydroxylation sites is 3. The molecular weight excluding hydrogens is 1520 g/mol. The van der Waals surface area contributed by atoms with Gasteiger partial charge in [-0.25, -0.2) is 29.9 Å². The van der Waals surface area contributed by atoms with Gasteiger partial charge in [-0.3, -0.25) is 0 Å². The number of hydrogen-bond donors (Lipinski definition) is 0.